The maximum absolute atomic E-state index is 12.2. The second-order valence-electron chi connectivity index (χ2n) is 5.60. The van der Waals surface area contributed by atoms with Crippen molar-refractivity contribution < 1.29 is 9.90 Å². The van der Waals surface area contributed by atoms with E-state index < -0.39 is 11.2 Å². The lowest BCUT2D eigenvalue weighted by molar-refractivity contribution is -0.117. The molecule has 0 bridgehead atoms. The fraction of sp³-hybridized carbons (Fsp3) is 0.235. The van der Waals surface area contributed by atoms with Crippen molar-refractivity contribution in [2.75, 3.05) is 0 Å². The molecule has 0 radical (unpaired) electrons. The van der Waals surface area contributed by atoms with Crippen molar-refractivity contribution in [3.8, 4) is 5.88 Å². The second kappa shape index (κ2) is 7.02. The molecule has 25 heavy (non-hydrogen) atoms. The Morgan fingerprint density at radius 2 is 1.92 bits per heavy atom. The molecule has 0 saturated heterocycles. The third-order valence-electron chi connectivity index (χ3n) is 3.50. The van der Waals surface area contributed by atoms with Gasteiger partial charge in [-0.1, -0.05) is 30.0 Å². The highest BCUT2D eigenvalue weighted by Gasteiger charge is 2.17. The number of para-hydroxylation sites is 1. The van der Waals surface area contributed by atoms with Crippen molar-refractivity contribution in [2.45, 2.75) is 31.2 Å². The van der Waals surface area contributed by atoms with Gasteiger partial charge in [0, 0.05) is 16.8 Å². The van der Waals surface area contributed by atoms with Crippen molar-refractivity contribution in [1.29, 1.82) is 0 Å². The number of hydrogen-bond donors (Lipinski definition) is 2. The number of benzene rings is 1. The molecule has 3 rings (SSSR count). The fourth-order valence-corrected chi connectivity index (χ4v) is 3.21. The van der Waals surface area contributed by atoms with Crippen LogP contribution in [0, 0.1) is 13.8 Å². The van der Waals surface area contributed by atoms with Crippen LogP contribution < -0.4 is 0 Å². The standard InChI is InChI=1S/C17H17N5O2S/c1-9-8-10(2)19-17(18-9)25-11(3)15(23)22-21-14-12-6-4-5-7-13(12)20-16(14)24/h4-8,11,20,24H,1-3H3. The van der Waals surface area contributed by atoms with E-state index in [1.54, 1.807) is 13.0 Å². The van der Waals surface area contributed by atoms with Gasteiger partial charge < -0.3 is 10.1 Å². The summed E-state index contributed by atoms with van der Waals surface area (Å²) in [6.07, 6.45) is 0. The van der Waals surface area contributed by atoms with Crippen LogP contribution in [0.15, 0.2) is 45.7 Å². The largest absolute Gasteiger partial charge is 0.493 e. The van der Waals surface area contributed by atoms with E-state index >= 15 is 0 Å². The predicted molar refractivity (Wildman–Crippen MR) is 96.3 cm³/mol. The van der Waals surface area contributed by atoms with Crippen molar-refractivity contribution >= 4 is 34.3 Å². The van der Waals surface area contributed by atoms with Crippen LogP contribution in [0.5, 0.6) is 5.88 Å². The summed E-state index contributed by atoms with van der Waals surface area (Å²) in [5.41, 5.74) is 2.68. The third kappa shape index (κ3) is 3.85. The highest BCUT2D eigenvalue weighted by atomic mass is 32.2. The predicted octanol–water partition coefficient (Wildman–Crippen LogP) is 4.07. The molecule has 3 aromatic rings. The molecule has 1 unspecified atom stereocenters. The van der Waals surface area contributed by atoms with E-state index in [9.17, 15) is 9.90 Å². The Hall–Kier alpha value is -2.74. The number of nitrogens with one attached hydrogen (secondary N) is 1. The van der Waals surface area contributed by atoms with Crippen molar-refractivity contribution in [2.24, 2.45) is 10.2 Å². The summed E-state index contributed by atoms with van der Waals surface area (Å²) in [5, 5.41) is 18.4. The minimum Gasteiger partial charge on any atom is -0.493 e. The summed E-state index contributed by atoms with van der Waals surface area (Å²) in [4.78, 5) is 23.6. The normalized spacial score (nSPS) is 12.8. The molecule has 0 aliphatic heterocycles. The van der Waals surface area contributed by atoms with E-state index in [0.717, 1.165) is 16.9 Å². The molecule has 0 spiro atoms. The van der Waals surface area contributed by atoms with Gasteiger partial charge >= 0.3 is 0 Å². The molecule has 8 heteroatoms. The van der Waals surface area contributed by atoms with Gasteiger partial charge in [0.1, 0.15) is 0 Å². The number of aryl methyl sites for hydroxylation is 2. The average molecular weight is 355 g/mol. The van der Waals surface area contributed by atoms with Crippen LogP contribution in [0.25, 0.3) is 10.9 Å². The molecule has 2 N–H and O–H groups in total. The van der Waals surface area contributed by atoms with E-state index in [2.05, 4.69) is 25.2 Å². The molecule has 1 atom stereocenters. The number of nitrogens with zero attached hydrogens (tertiary/aromatic N) is 4. The number of amides is 1. The molecule has 2 aromatic heterocycles. The van der Waals surface area contributed by atoms with Crippen LogP contribution in [0.3, 0.4) is 0 Å². The Morgan fingerprint density at radius 1 is 1.24 bits per heavy atom. The topological polar surface area (TPSA) is 104 Å². The minimum absolute atomic E-state index is 0.115. The molecule has 2 heterocycles. The zero-order valence-electron chi connectivity index (χ0n) is 14.0. The zero-order valence-corrected chi connectivity index (χ0v) is 14.8. The Kier molecular flexibility index (Phi) is 4.80. The van der Waals surface area contributed by atoms with Crippen molar-refractivity contribution in [3.63, 3.8) is 0 Å². The van der Waals surface area contributed by atoms with E-state index in [-0.39, 0.29) is 11.6 Å². The van der Waals surface area contributed by atoms with Gasteiger partial charge in [0.2, 0.25) is 5.88 Å². The first kappa shape index (κ1) is 17.1. The lowest BCUT2D eigenvalue weighted by Gasteiger charge is -2.06. The van der Waals surface area contributed by atoms with Crippen molar-refractivity contribution in [3.05, 3.63) is 41.7 Å². The van der Waals surface area contributed by atoms with Crippen LogP contribution in [0.1, 0.15) is 18.3 Å². The van der Waals surface area contributed by atoms with Crippen LogP contribution in [0.2, 0.25) is 0 Å². The lowest BCUT2D eigenvalue weighted by Crippen LogP contribution is -2.10. The highest BCUT2D eigenvalue weighted by Crippen LogP contribution is 2.35. The molecule has 0 saturated carbocycles. The maximum atomic E-state index is 12.2. The van der Waals surface area contributed by atoms with Crippen LogP contribution in [0.4, 0.5) is 5.69 Å². The Labute approximate surface area is 148 Å². The summed E-state index contributed by atoms with van der Waals surface area (Å²) in [6, 6.07) is 9.15. The maximum Gasteiger partial charge on any atom is 0.277 e. The SMILES string of the molecule is Cc1cc(C)nc(SC(C)C(=O)N=Nc2c(O)[nH]c3ccccc23)n1. The Balaban J connectivity index is 1.76. The monoisotopic (exact) mass is 355 g/mol. The van der Waals surface area contributed by atoms with E-state index in [1.165, 1.54) is 11.8 Å². The van der Waals surface area contributed by atoms with Gasteiger partial charge in [0.15, 0.2) is 10.8 Å². The van der Waals surface area contributed by atoms with Crippen molar-refractivity contribution in [1.82, 2.24) is 15.0 Å². The van der Waals surface area contributed by atoms with Crippen LogP contribution in [-0.4, -0.2) is 31.2 Å². The summed E-state index contributed by atoms with van der Waals surface area (Å²) in [7, 11) is 0. The number of aromatic nitrogens is 3. The van der Waals surface area contributed by atoms with Gasteiger partial charge in [-0.25, -0.2) is 9.97 Å². The molecular formula is C17H17N5O2S. The summed E-state index contributed by atoms with van der Waals surface area (Å²) in [5.74, 6) is -0.534. The van der Waals surface area contributed by atoms with E-state index in [1.807, 2.05) is 38.1 Å². The molecule has 128 valence electrons. The first-order valence-corrected chi connectivity index (χ1v) is 8.56. The highest BCUT2D eigenvalue weighted by molar-refractivity contribution is 8.00. The third-order valence-corrected chi connectivity index (χ3v) is 4.45. The zero-order chi connectivity index (χ0) is 18.0. The van der Waals surface area contributed by atoms with Crippen LogP contribution >= 0.6 is 11.8 Å². The smallest absolute Gasteiger partial charge is 0.277 e. The number of rotatable bonds is 4. The number of carbonyl (C=O) groups excluding carboxylic acids is 1. The van der Waals surface area contributed by atoms with Crippen LogP contribution in [-0.2, 0) is 4.79 Å². The number of aromatic hydroxyl groups is 1. The number of hydrogen-bond acceptors (Lipinski definition) is 6. The lowest BCUT2D eigenvalue weighted by atomic mass is 10.2. The number of aromatic amines is 1. The second-order valence-corrected chi connectivity index (χ2v) is 6.91. The fourth-order valence-electron chi connectivity index (χ4n) is 2.35. The number of H-pyrrole nitrogens is 1. The quantitative estimate of drug-likeness (QED) is 0.417. The number of fused-ring (bicyclic) bond motifs is 1. The molecular weight excluding hydrogens is 338 g/mol. The number of thioether (sulfide) groups is 1. The van der Waals surface area contributed by atoms with Gasteiger partial charge in [0.05, 0.1) is 10.8 Å². The summed E-state index contributed by atoms with van der Waals surface area (Å²) < 4.78 is 0. The van der Waals surface area contributed by atoms with Gasteiger partial charge in [-0.3, -0.25) is 4.79 Å². The van der Waals surface area contributed by atoms with Gasteiger partial charge in [-0.2, -0.15) is 0 Å². The van der Waals surface area contributed by atoms with E-state index in [4.69, 9.17) is 0 Å². The number of carbonyl (C=O) groups is 1. The van der Waals surface area contributed by atoms with Gasteiger partial charge in [0.25, 0.3) is 5.91 Å². The molecule has 1 amide bonds. The summed E-state index contributed by atoms with van der Waals surface area (Å²) in [6.45, 7) is 5.48. The summed E-state index contributed by atoms with van der Waals surface area (Å²) >= 11 is 1.23. The Morgan fingerprint density at radius 3 is 2.64 bits per heavy atom. The Bertz CT molecular complexity index is 947. The van der Waals surface area contributed by atoms with Gasteiger partial charge in [-0.05, 0) is 32.9 Å². The molecule has 0 fully saturated rings. The average Bonchev–Trinajstić information content (AvgIpc) is 2.86. The molecule has 7 nitrogen and oxygen atoms in total. The van der Waals surface area contributed by atoms with E-state index in [0.29, 0.717) is 10.5 Å². The minimum atomic E-state index is -0.489. The first-order valence-electron chi connectivity index (χ1n) is 7.68. The van der Waals surface area contributed by atoms with Gasteiger partial charge in [-0.15, -0.1) is 10.2 Å². The number of azo groups is 1. The first-order chi connectivity index (χ1) is 11.9. The molecule has 1 aromatic carbocycles. The molecule has 0 aliphatic rings. The molecule has 0 aliphatic carbocycles.